The second-order valence-electron chi connectivity index (χ2n) is 13.6. The molecular weight excluding hydrogens is 638 g/mol. The quantitative estimate of drug-likeness (QED) is 0.211. The Bertz CT molecular complexity index is 1860. The number of rotatable bonds is 9. The number of fused-ring (bicyclic) bond motifs is 5. The first-order valence-electron chi connectivity index (χ1n) is 16.3. The molecule has 246 valence electrons. The Morgan fingerprint density at radius 3 is 2.60 bits per heavy atom. The number of nitrogens with one attached hydrogen (secondary N) is 2. The molecule has 0 spiro atoms. The number of nitrogens with zero attached hydrogens (tertiary/aromatic N) is 4. The lowest BCUT2D eigenvalue weighted by atomic mass is 9.73. The monoisotopic (exact) mass is 676 g/mol. The van der Waals surface area contributed by atoms with Crippen molar-refractivity contribution in [1.29, 1.82) is 0 Å². The SMILES string of the molecule is CN(C)CCNC(=O)c1ccc2c(c1)nc1n2CC[C@H]2[C@@H]1[C@H](c1cccc(Cl)c1F)[C@](C)(C(=O)Nc1cccc(Cl)c1)N2CC1CC1. The molecule has 1 aliphatic carbocycles. The number of likely N-dealkylation sites (tertiary alicyclic amines) is 1. The summed E-state index contributed by atoms with van der Waals surface area (Å²) in [6.07, 6.45) is 2.98. The van der Waals surface area contributed by atoms with E-state index in [0.717, 1.165) is 43.7 Å². The average molecular weight is 678 g/mol. The number of benzene rings is 3. The van der Waals surface area contributed by atoms with Crippen molar-refractivity contribution in [1.82, 2.24) is 24.7 Å². The van der Waals surface area contributed by atoms with E-state index in [1.54, 1.807) is 36.4 Å². The van der Waals surface area contributed by atoms with Crippen molar-refractivity contribution in [3.05, 3.63) is 93.5 Å². The summed E-state index contributed by atoms with van der Waals surface area (Å²) in [5, 5.41) is 6.65. The van der Waals surface area contributed by atoms with Crippen LogP contribution in [0.25, 0.3) is 11.0 Å². The van der Waals surface area contributed by atoms with Gasteiger partial charge < -0.3 is 20.1 Å². The van der Waals surface area contributed by atoms with Crippen molar-refractivity contribution in [2.75, 3.05) is 39.0 Å². The largest absolute Gasteiger partial charge is 0.351 e. The number of aromatic nitrogens is 2. The van der Waals surface area contributed by atoms with Crippen molar-refractivity contribution in [2.24, 2.45) is 5.92 Å². The van der Waals surface area contributed by atoms with E-state index in [1.807, 2.05) is 50.2 Å². The van der Waals surface area contributed by atoms with E-state index in [-0.39, 0.29) is 28.8 Å². The van der Waals surface area contributed by atoms with E-state index in [4.69, 9.17) is 28.2 Å². The van der Waals surface area contributed by atoms with Gasteiger partial charge in [0.15, 0.2) is 0 Å². The van der Waals surface area contributed by atoms with Gasteiger partial charge in [-0.05, 0) is 94.2 Å². The maximum absolute atomic E-state index is 16.2. The number of carbonyl (C=O) groups is 2. The van der Waals surface area contributed by atoms with Gasteiger partial charge in [-0.3, -0.25) is 14.5 Å². The van der Waals surface area contributed by atoms with Gasteiger partial charge in [-0.25, -0.2) is 9.37 Å². The molecule has 3 heterocycles. The van der Waals surface area contributed by atoms with E-state index in [2.05, 4.69) is 20.1 Å². The molecule has 0 unspecified atom stereocenters. The number of imidazole rings is 1. The molecule has 1 aromatic heterocycles. The number of hydrogen-bond donors (Lipinski definition) is 2. The molecule has 3 aromatic carbocycles. The number of anilines is 1. The summed E-state index contributed by atoms with van der Waals surface area (Å²) >= 11 is 12.7. The Morgan fingerprint density at radius 2 is 1.85 bits per heavy atom. The van der Waals surface area contributed by atoms with Crippen LogP contribution in [0.4, 0.5) is 10.1 Å². The fourth-order valence-electron chi connectivity index (χ4n) is 7.74. The van der Waals surface area contributed by atoms with Crippen LogP contribution in [-0.4, -0.2) is 76.5 Å². The Hall–Kier alpha value is -3.50. The lowest BCUT2D eigenvalue weighted by molar-refractivity contribution is -0.127. The van der Waals surface area contributed by atoms with Crippen LogP contribution < -0.4 is 10.6 Å². The minimum atomic E-state index is -1.14. The summed E-state index contributed by atoms with van der Waals surface area (Å²) in [6, 6.07) is 17.7. The molecule has 4 atom stereocenters. The van der Waals surface area contributed by atoms with Gasteiger partial charge in [0.25, 0.3) is 5.91 Å². The maximum Gasteiger partial charge on any atom is 0.251 e. The van der Waals surface area contributed by atoms with Crippen LogP contribution >= 0.6 is 23.2 Å². The van der Waals surface area contributed by atoms with Crippen molar-refractivity contribution in [3.8, 4) is 0 Å². The molecule has 2 amide bonds. The van der Waals surface area contributed by atoms with Crippen molar-refractivity contribution in [3.63, 3.8) is 0 Å². The molecule has 0 radical (unpaired) electrons. The first kappa shape index (κ1) is 32.1. The molecule has 47 heavy (non-hydrogen) atoms. The third-order valence-electron chi connectivity index (χ3n) is 10.2. The smallest absolute Gasteiger partial charge is 0.251 e. The van der Waals surface area contributed by atoms with Gasteiger partial charge in [0.2, 0.25) is 5.91 Å². The molecule has 11 heteroatoms. The number of hydrogen-bond acceptors (Lipinski definition) is 5. The fourth-order valence-corrected chi connectivity index (χ4v) is 8.11. The summed E-state index contributed by atoms with van der Waals surface area (Å²) in [5.41, 5.74) is 2.00. The molecule has 2 aliphatic heterocycles. The minimum Gasteiger partial charge on any atom is -0.351 e. The van der Waals surface area contributed by atoms with E-state index in [1.165, 1.54) is 0 Å². The van der Waals surface area contributed by atoms with Gasteiger partial charge >= 0.3 is 0 Å². The second kappa shape index (κ2) is 12.5. The van der Waals surface area contributed by atoms with Gasteiger partial charge in [0.05, 0.1) is 16.1 Å². The van der Waals surface area contributed by atoms with E-state index >= 15 is 4.39 Å². The summed E-state index contributed by atoms with van der Waals surface area (Å²) in [7, 11) is 3.93. The Balaban J connectivity index is 1.35. The molecule has 2 N–H and O–H groups in total. The Morgan fingerprint density at radius 1 is 1.06 bits per heavy atom. The average Bonchev–Trinajstić information content (AvgIpc) is 3.73. The Labute approximate surface area is 284 Å². The minimum absolute atomic E-state index is 0.0199. The van der Waals surface area contributed by atoms with Gasteiger partial charge in [-0.15, -0.1) is 0 Å². The predicted octanol–water partition coefficient (Wildman–Crippen LogP) is 6.54. The zero-order chi connectivity index (χ0) is 33.0. The number of amides is 2. The third-order valence-corrected chi connectivity index (χ3v) is 10.7. The molecule has 8 nitrogen and oxygen atoms in total. The van der Waals surface area contributed by atoms with Crippen LogP contribution in [0.1, 0.15) is 59.8 Å². The maximum atomic E-state index is 16.2. The lowest BCUT2D eigenvalue weighted by Gasteiger charge is -2.40. The van der Waals surface area contributed by atoms with Crippen molar-refractivity contribution in [2.45, 2.75) is 56.1 Å². The summed E-state index contributed by atoms with van der Waals surface area (Å²) in [6.45, 7) is 4.64. The predicted molar refractivity (Wildman–Crippen MR) is 184 cm³/mol. The molecule has 3 aliphatic rings. The number of halogens is 3. The molecule has 4 aromatic rings. The van der Waals surface area contributed by atoms with Crippen LogP contribution in [0, 0.1) is 11.7 Å². The molecule has 7 rings (SSSR count). The van der Waals surface area contributed by atoms with E-state index in [9.17, 15) is 9.59 Å². The van der Waals surface area contributed by atoms with Gasteiger partial charge in [0, 0.05) is 60.3 Å². The fraction of sp³-hybridized carbons (Fsp3) is 0.417. The molecule has 0 bridgehead atoms. The highest BCUT2D eigenvalue weighted by atomic mass is 35.5. The zero-order valence-electron chi connectivity index (χ0n) is 26.8. The Kier molecular flexibility index (Phi) is 8.53. The second-order valence-corrected chi connectivity index (χ2v) is 14.4. The highest BCUT2D eigenvalue weighted by Gasteiger charge is 2.63. The van der Waals surface area contributed by atoms with Crippen molar-refractivity contribution >= 4 is 51.7 Å². The van der Waals surface area contributed by atoms with Crippen LogP contribution in [0.3, 0.4) is 0 Å². The summed E-state index contributed by atoms with van der Waals surface area (Å²) in [5.74, 6) is -0.532. The van der Waals surface area contributed by atoms with E-state index < -0.39 is 17.3 Å². The molecular formula is C36H39Cl2FN6O2. The first-order chi connectivity index (χ1) is 22.6. The lowest BCUT2D eigenvalue weighted by Crippen LogP contribution is -2.56. The molecule has 2 fully saturated rings. The van der Waals surface area contributed by atoms with Crippen molar-refractivity contribution < 1.29 is 14.0 Å². The summed E-state index contributed by atoms with van der Waals surface area (Å²) in [4.78, 5) is 37.2. The number of aryl methyl sites for hydroxylation is 1. The third kappa shape index (κ3) is 5.81. The van der Waals surface area contributed by atoms with Gasteiger partial charge in [0.1, 0.15) is 17.2 Å². The van der Waals surface area contributed by atoms with E-state index in [0.29, 0.717) is 46.4 Å². The van der Waals surface area contributed by atoms with Crippen LogP contribution in [0.5, 0.6) is 0 Å². The standard InChI is InChI=1S/C36H39Cl2FN6O2/c1-36(35(47)41-24-7-4-6-23(37)19-24)31(25-8-5-9-26(38)32(25)39)30-29(45(36)20-21-10-11-21)14-16-44-28-13-12-22(18-27(28)42-33(30)44)34(46)40-15-17-43(2)3/h4-9,12-13,18-19,21,29-31H,10-11,14-17,20H2,1-3H3,(H,40,46)(H,41,47)/t29-,30+,31-,36+/m0/s1. The van der Waals surface area contributed by atoms with Crippen LogP contribution in [-0.2, 0) is 11.3 Å². The number of carbonyl (C=O) groups excluding carboxylic acids is 2. The van der Waals surface area contributed by atoms with Gasteiger partial charge in [-0.2, -0.15) is 0 Å². The van der Waals surface area contributed by atoms with Crippen LogP contribution in [0.15, 0.2) is 60.7 Å². The highest BCUT2D eigenvalue weighted by molar-refractivity contribution is 6.31. The van der Waals surface area contributed by atoms with Crippen LogP contribution in [0.2, 0.25) is 10.0 Å². The zero-order valence-corrected chi connectivity index (χ0v) is 28.3. The topological polar surface area (TPSA) is 82.5 Å². The molecule has 1 saturated carbocycles. The normalized spacial score (nSPS) is 23.9. The number of likely N-dealkylation sites (N-methyl/N-ethyl adjacent to an activating group) is 1. The molecule has 1 saturated heterocycles. The first-order valence-corrected chi connectivity index (χ1v) is 17.0. The van der Waals surface area contributed by atoms with Gasteiger partial charge in [-0.1, -0.05) is 41.4 Å². The highest BCUT2D eigenvalue weighted by Crippen LogP contribution is 2.58. The summed E-state index contributed by atoms with van der Waals surface area (Å²) < 4.78 is 18.4.